The van der Waals surface area contributed by atoms with E-state index in [1.807, 2.05) is 24.3 Å². The van der Waals surface area contributed by atoms with E-state index in [1.165, 1.54) is 18.2 Å². The van der Waals surface area contributed by atoms with Gasteiger partial charge in [-0.2, -0.15) is 0 Å². The van der Waals surface area contributed by atoms with E-state index in [9.17, 15) is 9.18 Å². The SMILES string of the molecule is COc1cc(NC(C)CCCNC(=O)/C=C/c2ccccc2F)c2ncccc2c1. The van der Waals surface area contributed by atoms with Crippen LogP contribution < -0.4 is 15.4 Å². The minimum atomic E-state index is -0.346. The molecule has 0 aliphatic rings. The molecule has 1 atom stereocenters. The lowest BCUT2D eigenvalue weighted by Gasteiger charge is -2.17. The van der Waals surface area contributed by atoms with E-state index >= 15 is 0 Å². The number of halogens is 1. The summed E-state index contributed by atoms with van der Waals surface area (Å²) in [5.74, 6) is 0.196. The average Bonchev–Trinajstić information content (AvgIpc) is 2.76. The van der Waals surface area contributed by atoms with Crippen molar-refractivity contribution in [2.24, 2.45) is 0 Å². The molecule has 1 heterocycles. The molecule has 1 amide bonds. The summed E-state index contributed by atoms with van der Waals surface area (Å²) in [6.45, 7) is 2.64. The van der Waals surface area contributed by atoms with Crippen molar-refractivity contribution < 1.29 is 13.9 Å². The zero-order valence-corrected chi connectivity index (χ0v) is 17.2. The van der Waals surface area contributed by atoms with Crippen LogP contribution >= 0.6 is 0 Å². The van der Waals surface area contributed by atoms with Gasteiger partial charge in [-0.3, -0.25) is 9.78 Å². The lowest BCUT2D eigenvalue weighted by atomic mass is 10.1. The molecule has 0 aliphatic carbocycles. The van der Waals surface area contributed by atoms with Gasteiger partial charge in [0.25, 0.3) is 0 Å². The van der Waals surface area contributed by atoms with Gasteiger partial charge in [0.1, 0.15) is 11.6 Å². The molecular formula is C24H26FN3O2. The van der Waals surface area contributed by atoms with E-state index in [4.69, 9.17) is 4.74 Å². The number of rotatable bonds is 9. The fourth-order valence-corrected chi connectivity index (χ4v) is 3.18. The summed E-state index contributed by atoms with van der Waals surface area (Å²) in [5, 5.41) is 7.34. The highest BCUT2D eigenvalue weighted by atomic mass is 19.1. The second-order valence-corrected chi connectivity index (χ2v) is 7.08. The summed E-state index contributed by atoms with van der Waals surface area (Å²) in [5.41, 5.74) is 2.22. The van der Waals surface area contributed by atoms with Crippen LogP contribution in [0.4, 0.5) is 10.1 Å². The van der Waals surface area contributed by atoms with E-state index in [0.29, 0.717) is 12.1 Å². The number of methoxy groups -OCH3 is 1. The van der Waals surface area contributed by atoms with Gasteiger partial charge in [-0.1, -0.05) is 24.3 Å². The number of hydrogen-bond donors (Lipinski definition) is 2. The van der Waals surface area contributed by atoms with Crippen LogP contribution in [0.5, 0.6) is 5.75 Å². The highest BCUT2D eigenvalue weighted by Crippen LogP contribution is 2.28. The predicted octanol–water partition coefficient (Wildman–Crippen LogP) is 4.79. The van der Waals surface area contributed by atoms with E-state index in [0.717, 1.165) is 35.2 Å². The zero-order chi connectivity index (χ0) is 21.3. The molecule has 1 unspecified atom stereocenters. The molecule has 0 fully saturated rings. The van der Waals surface area contributed by atoms with Crippen molar-refractivity contribution in [3.63, 3.8) is 0 Å². The minimum Gasteiger partial charge on any atom is -0.497 e. The number of nitrogens with one attached hydrogen (secondary N) is 2. The van der Waals surface area contributed by atoms with E-state index in [2.05, 4.69) is 22.5 Å². The third-order valence-electron chi connectivity index (χ3n) is 4.75. The topological polar surface area (TPSA) is 63.2 Å². The first-order valence-electron chi connectivity index (χ1n) is 9.96. The maximum absolute atomic E-state index is 13.6. The van der Waals surface area contributed by atoms with Gasteiger partial charge < -0.3 is 15.4 Å². The summed E-state index contributed by atoms with van der Waals surface area (Å²) in [6.07, 6.45) is 6.28. The van der Waals surface area contributed by atoms with Crippen molar-refractivity contribution in [3.8, 4) is 5.75 Å². The van der Waals surface area contributed by atoms with Gasteiger partial charge in [0, 0.05) is 41.9 Å². The molecule has 6 heteroatoms. The summed E-state index contributed by atoms with van der Waals surface area (Å²) in [6, 6.07) is 14.3. The Morgan fingerprint density at radius 2 is 2.07 bits per heavy atom. The molecule has 0 bridgehead atoms. The second-order valence-electron chi connectivity index (χ2n) is 7.08. The van der Waals surface area contributed by atoms with Crippen LogP contribution in [0, 0.1) is 5.82 Å². The Labute approximate surface area is 176 Å². The van der Waals surface area contributed by atoms with Gasteiger partial charge in [-0.15, -0.1) is 0 Å². The van der Waals surface area contributed by atoms with E-state index in [1.54, 1.807) is 31.5 Å². The van der Waals surface area contributed by atoms with Crippen molar-refractivity contribution in [3.05, 3.63) is 72.2 Å². The lowest BCUT2D eigenvalue weighted by molar-refractivity contribution is -0.116. The lowest BCUT2D eigenvalue weighted by Crippen LogP contribution is -2.24. The Morgan fingerprint density at radius 1 is 1.23 bits per heavy atom. The first-order chi connectivity index (χ1) is 14.6. The molecule has 3 aromatic rings. The predicted molar refractivity (Wildman–Crippen MR) is 119 cm³/mol. The quantitative estimate of drug-likeness (QED) is 0.395. The van der Waals surface area contributed by atoms with E-state index in [-0.39, 0.29) is 17.8 Å². The monoisotopic (exact) mass is 407 g/mol. The number of ether oxygens (including phenoxy) is 1. The fourth-order valence-electron chi connectivity index (χ4n) is 3.18. The first kappa shape index (κ1) is 21.3. The standard InChI is InChI=1S/C24H26FN3O2/c1-17(28-22-16-20(30-2)15-19-9-6-14-27-24(19)22)7-5-13-26-23(29)12-11-18-8-3-4-10-21(18)25/h3-4,6,8-12,14-17,28H,5,7,13H2,1-2H3,(H,26,29)/b12-11+. The van der Waals surface area contributed by atoms with Crippen LogP contribution in [0.15, 0.2) is 60.8 Å². The van der Waals surface area contributed by atoms with Crippen LogP contribution in [0.3, 0.4) is 0 Å². The smallest absolute Gasteiger partial charge is 0.244 e. The molecule has 2 N–H and O–H groups in total. The molecule has 5 nitrogen and oxygen atoms in total. The van der Waals surface area contributed by atoms with Gasteiger partial charge >= 0.3 is 0 Å². The number of carbonyl (C=O) groups is 1. The number of aromatic nitrogens is 1. The molecule has 3 rings (SSSR count). The van der Waals surface area contributed by atoms with Crippen LogP contribution in [-0.2, 0) is 4.79 Å². The molecule has 0 radical (unpaired) electrons. The minimum absolute atomic E-state index is 0.188. The Kier molecular flexibility index (Phi) is 7.38. The number of pyridine rings is 1. The summed E-state index contributed by atoms with van der Waals surface area (Å²) < 4.78 is 18.9. The van der Waals surface area contributed by atoms with E-state index < -0.39 is 0 Å². The first-order valence-corrected chi connectivity index (χ1v) is 9.96. The highest BCUT2D eigenvalue weighted by molar-refractivity contribution is 5.92. The Morgan fingerprint density at radius 3 is 2.87 bits per heavy atom. The molecule has 0 aliphatic heterocycles. The average molecular weight is 407 g/mol. The van der Waals surface area contributed by atoms with Crippen molar-refractivity contribution in [2.45, 2.75) is 25.8 Å². The Balaban J connectivity index is 1.47. The van der Waals surface area contributed by atoms with Gasteiger partial charge in [0.2, 0.25) is 5.91 Å². The van der Waals surface area contributed by atoms with Crippen LogP contribution in [-0.4, -0.2) is 30.6 Å². The number of fused-ring (bicyclic) bond motifs is 1. The summed E-state index contributed by atoms with van der Waals surface area (Å²) >= 11 is 0. The number of amides is 1. The van der Waals surface area contributed by atoms with Gasteiger partial charge in [-0.25, -0.2) is 4.39 Å². The molecule has 30 heavy (non-hydrogen) atoms. The third kappa shape index (κ3) is 5.80. The van der Waals surface area contributed by atoms with Crippen LogP contribution in [0.1, 0.15) is 25.3 Å². The number of benzene rings is 2. The highest BCUT2D eigenvalue weighted by Gasteiger charge is 2.09. The summed E-state index contributed by atoms with van der Waals surface area (Å²) in [4.78, 5) is 16.4. The third-order valence-corrected chi connectivity index (χ3v) is 4.75. The van der Waals surface area contributed by atoms with Crippen LogP contribution in [0.25, 0.3) is 17.0 Å². The number of anilines is 1. The van der Waals surface area contributed by atoms with Gasteiger partial charge in [0.05, 0.1) is 18.3 Å². The zero-order valence-electron chi connectivity index (χ0n) is 17.2. The molecule has 0 saturated carbocycles. The Bertz CT molecular complexity index is 1040. The Hall–Kier alpha value is -3.41. The van der Waals surface area contributed by atoms with Gasteiger partial charge in [0.15, 0.2) is 0 Å². The molecular weight excluding hydrogens is 381 g/mol. The van der Waals surface area contributed by atoms with Crippen molar-refractivity contribution >= 4 is 28.6 Å². The molecule has 2 aromatic carbocycles. The molecule has 156 valence electrons. The van der Waals surface area contributed by atoms with Crippen molar-refractivity contribution in [1.82, 2.24) is 10.3 Å². The maximum Gasteiger partial charge on any atom is 0.244 e. The van der Waals surface area contributed by atoms with Crippen molar-refractivity contribution in [2.75, 3.05) is 19.0 Å². The largest absolute Gasteiger partial charge is 0.497 e. The molecule has 1 aromatic heterocycles. The summed E-state index contributed by atoms with van der Waals surface area (Å²) in [7, 11) is 1.65. The maximum atomic E-state index is 13.6. The molecule has 0 saturated heterocycles. The number of nitrogens with zero attached hydrogens (tertiary/aromatic N) is 1. The normalized spacial score (nSPS) is 12.1. The van der Waals surface area contributed by atoms with Crippen LogP contribution in [0.2, 0.25) is 0 Å². The molecule has 0 spiro atoms. The number of carbonyl (C=O) groups excluding carboxylic acids is 1. The van der Waals surface area contributed by atoms with Crippen molar-refractivity contribution in [1.29, 1.82) is 0 Å². The fraction of sp³-hybridized carbons (Fsp3) is 0.250. The van der Waals surface area contributed by atoms with Gasteiger partial charge in [-0.05, 0) is 44.0 Å². The number of hydrogen-bond acceptors (Lipinski definition) is 4. The second kappa shape index (κ2) is 10.4.